The number of rotatable bonds is 6. The van der Waals surface area contributed by atoms with Crippen LogP contribution in [0.2, 0.25) is 0 Å². The van der Waals surface area contributed by atoms with E-state index in [1.807, 2.05) is 6.07 Å². The molecule has 0 aliphatic carbocycles. The van der Waals surface area contributed by atoms with E-state index in [1.54, 1.807) is 31.2 Å². The van der Waals surface area contributed by atoms with Crippen LogP contribution in [0.4, 0.5) is 10.5 Å². The van der Waals surface area contributed by atoms with Crippen molar-refractivity contribution in [3.8, 4) is 0 Å². The first-order valence-corrected chi connectivity index (χ1v) is 9.75. The molecule has 0 bridgehead atoms. The summed E-state index contributed by atoms with van der Waals surface area (Å²) in [5.74, 6) is -0.437. The molecule has 0 aromatic heterocycles. The molecule has 3 rings (SSSR count). The lowest BCUT2D eigenvalue weighted by atomic mass is 10.0. The van der Waals surface area contributed by atoms with Crippen LogP contribution in [0.5, 0.6) is 0 Å². The van der Waals surface area contributed by atoms with Crippen LogP contribution < -0.4 is 10.6 Å². The largest absolute Gasteiger partial charge is 0.462 e. The Kier molecular flexibility index (Phi) is 7.03. The van der Waals surface area contributed by atoms with Crippen LogP contribution in [0, 0.1) is 0 Å². The number of carbonyl (C=O) groups is 2. The molecule has 2 aromatic carbocycles. The van der Waals surface area contributed by atoms with Crippen molar-refractivity contribution in [2.24, 2.45) is 0 Å². The van der Waals surface area contributed by atoms with Gasteiger partial charge in [0.15, 0.2) is 0 Å². The van der Waals surface area contributed by atoms with Gasteiger partial charge in [-0.15, -0.1) is 0 Å². The third-order valence-electron chi connectivity index (χ3n) is 4.84. The molecule has 0 spiro atoms. The van der Waals surface area contributed by atoms with Gasteiger partial charge in [-0.25, -0.2) is 9.59 Å². The number of hydrogen-bond donors (Lipinski definition) is 2. The smallest absolute Gasteiger partial charge is 0.340 e. The molecule has 2 N–H and O–H groups in total. The van der Waals surface area contributed by atoms with Crippen LogP contribution >= 0.6 is 0 Å². The second-order valence-electron chi connectivity index (χ2n) is 6.90. The number of amides is 2. The van der Waals surface area contributed by atoms with Crippen molar-refractivity contribution in [3.05, 3.63) is 65.7 Å². The van der Waals surface area contributed by atoms with Crippen molar-refractivity contribution in [3.63, 3.8) is 0 Å². The summed E-state index contributed by atoms with van der Waals surface area (Å²) in [7, 11) is 0. The van der Waals surface area contributed by atoms with Crippen molar-refractivity contribution in [1.29, 1.82) is 0 Å². The standard InChI is InChI=1S/C22H27N3O3/c1-2-28-21(26)19-10-6-7-11-20(19)24-22(27)23-18-12-14-25(15-13-18)16-17-8-4-3-5-9-17/h3-11,18H,2,12-16H2,1H3,(H2,23,24,27). The molecule has 1 saturated heterocycles. The van der Waals surface area contributed by atoms with Crippen LogP contribution in [-0.4, -0.2) is 42.6 Å². The van der Waals surface area contributed by atoms with Crippen LogP contribution in [0.3, 0.4) is 0 Å². The van der Waals surface area contributed by atoms with E-state index in [2.05, 4.69) is 39.8 Å². The second kappa shape index (κ2) is 9.90. The van der Waals surface area contributed by atoms with Gasteiger partial charge in [0.05, 0.1) is 17.9 Å². The first-order valence-electron chi connectivity index (χ1n) is 9.75. The lowest BCUT2D eigenvalue weighted by Crippen LogP contribution is -2.45. The summed E-state index contributed by atoms with van der Waals surface area (Å²) in [5, 5.41) is 5.80. The molecule has 148 valence electrons. The van der Waals surface area contributed by atoms with Gasteiger partial charge in [-0.05, 0) is 37.5 Å². The average molecular weight is 381 g/mol. The highest BCUT2D eigenvalue weighted by molar-refractivity contribution is 6.00. The zero-order valence-electron chi connectivity index (χ0n) is 16.2. The number of carbonyl (C=O) groups excluding carboxylic acids is 2. The number of urea groups is 1. The molecule has 2 aromatic rings. The first-order chi connectivity index (χ1) is 13.7. The minimum atomic E-state index is -0.437. The van der Waals surface area contributed by atoms with E-state index in [0.29, 0.717) is 17.9 Å². The van der Waals surface area contributed by atoms with Crippen molar-refractivity contribution in [2.45, 2.75) is 32.4 Å². The number of esters is 1. The average Bonchev–Trinajstić information content (AvgIpc) is 2.71. The summed E-state index contributed by atoms with van der Waals surface area (Å²) in [6, 6.07) is 17.1. The third-order valence-corrected chi connectivity index (χ3v) is 4.84. The maximum Gasteiger partial charge on any atom is 0.340 e. The molecule has 0 radical (unpaired) electrons. The Morgan fingerprint density at radius 2 is 1.71 bits per heavy atom. The number of ether oxygens (including phenoxy) is 1. The molecule has 1 fully saturated rings. The Balaban J connectivity index is 1.48. The van der Waals surface area contributed by atoms with Gasteiger partial charge in [-0.1, -0.05) is 42.5 Å². The Hall–Kier alpha value is -2.86. The quantitative estimate of drug-likeness (QED) is 0.750. The number of likely N-dealkylation sites (tertiary alicyclic amines) is 1. The molecule has 0 atom stereocenters. The Bertz CT molecular complexity index is 787. The predicted molar refractivity (Wildman–Crippen MR) is 109 cm³/mol. The van der Waals surface area contributed by atoms with Gasteiger partial charge in [-0.2, -0.15) is 0 Å². The molecule has 1 heterocycles. The molecule has 6 nitrogen and oxygen atoms in total. The van der Waals surface area contributed by atoms with Gasteiger partial charge in [0.2, 0.25) is 0 Å². The number of para-hydroxylation sites is 1. The van der Waals surface area contributed by atoms with Crippen LogP contribution in [-0.2, 0) is 11.3 Å². The van der Waals surface area contributed by atoms with Gasteiger partial charge in [0.1, 0.15) is 0 Å². The summed E-state index contributed by atoms with van der Waals surface area (Å²) in [5.41, 5.74) is 2.12. The normalized spacial score (nSPS) is 15.0. The van der Waals surface area contributed by atoms with E-state index in [1.165, 1.54) is 5.56 Å². The molecule has 1 aliphatic heterocycles. The number of benzene rings is 2. The van der Waals surface area contributed by atoms with E-state index in [0.717, 1.165) is 32.5 Å². The molecular formula is C22H27N3O3. The minimum absolute atomic E-state index is 0.127. The highest BCUT2D eigenvalue weighted by atomic mass is 16.5. The fraction of sp³-hybridized carbons (Fsp3) is 0.364. The number of nitrogens with one attached hydrogen (secondary N) is 2. The summed E-state index contributed by atoms with van der Waals surface area (Å²) in [6.07, 6.45) is 1.81. The first kappa shape index (κ1) is 19.9. The molecule has 1 aliphatic rings. The molecule has 0 saturated carbocycles. The zero-order chi connectivity index (χ0) is 19.8. The van der Waals surface area contributed by atoms with Crippen molar-refractivity contribution < 1.29 is 14.3 Å². The predicted octanol–water partition coefficient (Wildman–Crippen LogP) is 3.65. The molecule has 28 heavy (non-hydrogen) atoms. The van der Waals surface area contributed by atoms with Gasteiger partial charge < -0.3 is 15.4 Å². The lowest BCUT2D eigenvalue weighted by Gasteiger charge is -2.32. The minimum Gasteiger partial charge on any atom is -0.462 e. The van der Waals surface area contributed by atoms with E-state index in [9.17, 15) is 9.59 Å². The van der Waals surface area contributed by atoms with Crippen LogP contribution in [0.15, 0.2) is 54.6 Å². The fourth-order valence-corrected chi connectivity index (χ4v) is 3.40. The van der Waals surface area contributed by atoms with Crippen molar-refractivity contribution >= 4 is 17.7 Å². The topological polar surface area (TPSA) is 70.7 Å². The maximum absolute atomic E-state index is 12.4. The highest BCUT2D eigenvalue weighted by Crippen LogP contribution is 2.17. The third kappa shape index (κ3) is 5.57. The number of nitrogens with zero attached hydrogens (tertiary/aromatic N) is 1. The van der Waals surface area contributed by atoms with E-state index in [4.69, 9.17) is 4.74 Å². The van der Waals surface area contributed by atoms with Gasteiger partial charge in [-0.3, -0.25) is 4.90 Å². The van der Waals surface area contributed by atoms with Crippen molar-refractivity contribution in [1.82, 2.24) is 10.2 Å². The van der Waals surface area contributed by atoms with E-state index >= 15 is 0 Å². The Labute approximate surface area is 165 Å². The summed E-state index contributed by atoms with van der Waals surface area (Å²) < 4.78 is 5.04. The lowest BCUT2D eigenvalue weighted by molar-refractivity contribution is 0.0527. The van der Waals surface area contributed by atoms with E-state index < -0.39 is 5.97 Å². The second-order valence-corrected chi connectivity index (χ2v) is 6.90. The molecule has 0 unspecified atom stereocenters. The van der Waals surface area contributed by atoms with E-state index in [-0.39, 0.29) is 12.1 Å². The maximum atomic E-state index is 12.4. The van der Waals surface area contributed by atoms with Gasteiger partial charge in [0.25, 0.3) is 0 Å². The molecule has 2 amide bonds. The van der Waals surface area contributed by atoms with Crippen molar-refractivity contribution in [2.75, 3.05) is 25.0 Å². The summed E-state index contributed by atoms with van der Waals surface area (Å²) >= 11 is 0. The van der Waals surface area contributed by atoms with Crippen LogP contribution in [0.1, 0.15) is 35.7 Å². The number of piperidine rings is 1. The van der Waals surface area contributed by atoms with Crippen LogP contribution in [0.25, 0.3) is 0 Å². The Morgan fingerprint density at radius 3 is 2.43 bits per heavy atom. The Morgan fingerprint density at radius 1 is 1.04 bits per heavy atom. The summed E-state index contributed by atoms with van der Waals surface area (Å²) in [4.78, 5) is 26.8. The molecular weight excluding hydrogens is 354 g/mol. The number of hydrogen-bond acceptors (Lipinski definition) is 4. The SMILES string of the molecule is CCOC(=O)c1ccccc1NC(=O)NC1CCN(Cc2ccccc2)CC1. The highest BCUT2D eigenvalue weighted by Gasteiger charge is 2.21. The monoisotopic (exact) mass is 381 g/mol. The fourth-order valence-electron chi connectivity index (χ4n) is 3.40. The van der Waals surface area contributed by atoms with Gasteiger partial charge in [0, 0.05) is 25.7 Å². The summed E-state index contributed by atoms with van der Waals surface area (Å²) in [6.45, 7) is 4.87. The molecule has 6 heteroatoms. The number of anilines is 1. The zero-order valence-corrected chi connectivity index (χ0v) is 16.2. The van der Waals surface area contributed by atoms with Gasteiger partial charge >= 0.3 is 12.0 Å².